The van der Waals surface area contributed by atoms with Crippen LogP contribution in [0.2, 0.25) is 0 Å². The highest BCUT2D eigenvalue weighted by Crippen LogP contribution is 2.41. The molecule has 2 unspecified atom stereocenters. The Balaban J connectivity index is 1.73. The Morgan fingerprint density at radius 1 is 1.15 bits per heavy atom. The second-order valence-electron chi connectivity index (χ2n) is 7.15. The van der Waals surface area contributed by atoms with E-state index in [2.05, 4.69) is 19.2 Å². The number of ether oxygens (including phenoxy) is 2. The van der Waals surface area contributed by atoms with Crippen LogP contribution in [-0.4, -0.2) is 38.0 Å². The van der Waals surface area contributed by atoms with E-state index in [0.29, 0.717) is 12.2 Å². The van der Waals surface area contributed by atoms with Crippen molar-refractivity contribution in [1.82, 2.24) is 5.32 Å². The lowest BCUT2D eigenvalue weighted by Crippen LogP contribution is -2.46. The van der Waals surface area contributed by atoms with Crippen LogP contribution in [-0.2, 0) is 9.47 Å². The van der Waals surface area contributed by atoms with Gasteiger partial charge < -0.3 is 14.8 Å². The summed E-state index contributed by atoms with van der Waals surface area (Å²) < 4.78 is 12.1. The number of methoxy groups -OCH3 is 1. The Morgan fingerprint density at radius 2 is 1.90 bits per heavy atom. The Bertz CT molecular complexity index is 276. The predicted molar refractivity (Wildman–Crippen MR) is 83.0 cm³/mol. The molecule has 0 radical (unpaired) electrons. The van der Waals surface area contributed by atoms with Crippen LogP contribution in [0.15, 0.2) is 0 Å². The van der Waals surface area contributed by atoms with Crippen LogP contribution < -0.4 is 5.32 Å². The first-order valence-electron chi connectivity index (χ1n) is 8.55. The number of rotatable bonds is 8. The lowest BCUT2D eigenvalue weighted by molar-refractivity contribution is -0.162. The molecule has 20 heavy (non-hydrogen) atoms. The van der Waals surface area contributed by atoms with Gasteiger partial charge in [0.05, 0.1) is 17.8 Å². The third kappa shape index (κ3) is 4.71. The molecule has 2 saturated carbocycles. The van der Waals surface area contributed by atoms with Gasteiger partial charge in [-0.05, 0) is 70.4 Å². The van der Waals surface area contributed by atoms with Gasteiger partial charge >= 0.3 is 0 Å². The second-order valence-corrected chi connectivity index (χ2v) is 7.15. The van der Waals surface area contributed by atoms with Crippen LogP contribution in [0.25, 0.3) is 0 Å². The standard InChI is InChI=1S/C17H33NO2/c1-14(2)13-18-11-10-17(8-5-9-17)20-16-7-4-6-15(12-16)19-3/h14-16,18H,4-13H2,1-3H3. The molecule has 118 valence electrons. The molecule has 0 aromatic carbocycles. The Morgan fingerprint density at radius 3 is 2.50 bits per heavy atom. The molecule has 0 bridgehead atoms. The molecule has 1 N–H and O–H groups in total. The third-order valence-electron chi connectivity index (χ3n) is 4.90. The third-order valence-corrected chi connectivity index (χ3v) is 4.90. The molecule has 0 heterocycles. The Labute approximate surface area is 124 Å². The van der Waals surface area contributed by atoms with Crippen LogP contribution in [0.1, 0.15) is 65.2 Å². The van der Waals surface area contributed by atoms with E-state index in [1.54, 1.807) is 0 Å². The van der Waals surface area contributed by atoms with Crippen LogP contribution in [0, 0.1) is 5.92 Å². The monoisotopic (exact) mass is 283 g/mol. The molecule has 0 saturated heterocycles. The highest BCUT2D eigenvalue weighted by atomic mass is 16.5. The summed E-state index contributed by atoms with van der Waals surface area (Å²) in [7, 11) is 1.84. The molecule has 3 heteroatoms. The summed E-state index contributed by atoms with van der Waals surface area (Å²) in [5.74, 6) is 0.731. The maximum atomic E-state index is 6.53. The molecule has 0 aromatic rings. The average molecular weight is 283 g/mol. The van der Waals surface area contributed by atoms with Gasteiger partial charge in [-0.2, -0.15) is 0 Å². The van der Waals surface area contributed by atoms with Gasteiger partial charge in [0.2, 0.25) is 0 Å². The maximum absolute atomic E-state index is 6.53. The molecule has 0 amide bonds. The fourth-order valence-electron chi connectivity index (χ4n) is 3.48. The van der Waals surface area contributed by atoms with Crippen molar-refractivity contribution >= 4 is 0 Å². The molecule has 3 nitrogen and oxygen atoms in total. The topological polar surface area (TPSA) is 30.5 Å². The van der Waals surface area contributed by atoms with Gasteiger partial charge in [0.25, 0.3) is 0 Å². The van der Waals surface area contributed by atoms with E-state index in [-0.39, 0.29) is 5.60 Å². The summed E-state index contributed by atoms with van der Waals surface area (Å²) in [6, 6.07) is 0. The molecule has 0 spiro atoms. The highest BCUT2D eigenvalue weighted by Gasteiger charge is 2.40. The molecule has 2 atom stereocenters. The highest BCUT2D eigenvalue weighted by molar-refractivity contribution is 4.92. The van der Waals surface area contributed by atoms with Crippen molar-refractivity contribution in [1.29, 1.82) is 0 Å². The fourth-order valence-corrected chi connectivity index (χ4v) is 3.48. The molecule has 2 rings (SSSR count). The molecule has 0 aromatic heterocycles. The lowest BCUT2D eigenvalue weighted by Gasteiger charge is -2.46. The van der Waals surface area contributed by atoms with E-state index >= 15 is 0 Å². The zero-order chi connectivity index (χ0) is 14.4. The Kier molecular flexibility index (Phi) is 6.31. The summed E-state index contributed by atoms with van der Waals surface area (Å²) in [5, 5.41) is 3.56. The molecular weight excluding hydrogens is 250 g/mol. The summed E-state index contributed by atoms with van der Waals surface area (Å²) in [6.07, 6.45) is 10.7. The molecule has 2 aliphatic carbocycles. The minimum atomic E-state index is 0.185. The Hall–Kier alpha value is -0.120. The van der Waals surface area contributed by atoms with Crippen molar-refractivity contribution in [2.75, 3.05) is 20.2 Å². The van der Waals surface area contributed by atoms with Crippen molar-refractivity contribution in [2.24, 2.45) is 5.92 Å². The summed E-state index contributed by atoms with van der Waals surface area (Å²) in [5.41, 5.74) is 0.185. The first-order chi connectivity index (χ1) is 9.63. The largest absolute Gasteiger partial charge is 0.381 e. The van der Waals surface area contributed by atoms with Gasteiger partial charge in [0, 0.05) is 7.11 Å². The minimum absolute atomic E-state index is 0.185. The van der Waals surface area contributed by atoms with Crippen molar-refractivity contribution in [3.63, 3.8) is 0 Å². The first kappa shape index (κ1) is 16.3. The zero-order valence-corrected chi connectivity index (χ0v) is 13.6. The number of hydrogen-bond donors (Lipinski definition) is 1. The normalized spacial score (nSPS) is 29.4. The van der Waals surface area contributed by atoms with Crippen LogP contribution >= 0.6 is 0 Å². The lowest BCUT2D eigenvalue weighted by atomic mass is 9.77. The summed E-state index contributed by atoms with van der Waals surface area (Å²) in [4.78, 5) is 0. The van der Waals surface area contributed by atoms with Crippen LogP contribution in [0.3, 0.4) is 0 Å². The smallest absolute Gasteiger partial charge is 0.0698 e. The average Bonchev–Trinajstić information content (AvgIpc) is 2.40. The SMILES string of the molecule is COC1CCCC(OC2(CCNCC(C)C)CCC2)C1. The summed E-state index contributed by atoms with van der Waals surface area (Å²) in [6.45, 7) is 6.73. The predicted octanol–water partition coefficient (Wildman–Crippen LogP) is 3.52. The summed E-state index contributed by atoms with van der Waals surface area (Å²) >= 11 is 0. The van der Waals surface area contributed by atoms with Gasteiger partial charge in [-0.3, -0.25) is 0 Å². The first-order valence-corrected chi connectivity index (χ1v) is 8.55. The van der Waals surface area contributed by atoms with Crippen molar-refractivity contribution in [3.8, 4) is 0 Å². The quantitative estimate of drug-likeness (QED) is 0.691. The van der Waals surface area contributed by atoms with Crippen molar-refractivity contribution in [2.45, 2.75) is 83.0 Å². The van der Waals surface area contributed by atoms with Crippen LogP contribution in [0.5, 0.6) is 0 Å². The van der Waals surface area contributed by atoms with Gasteiger partial charge in [0.15, 0.2) is 0 Å². The van der Waals surface area contributed by atoms with E-state index < -0.39 is 0 Å². The van der Waals surface area contributed by atoms with E-state index in [0.717, 1.165) is 25.4 Å². The van der Waals surface area contributed by atoms with E-state index in [9.17, 15) is 0 Å². The number of hydrogen-bond acceptors (Lipinski definition) is 3. The molecular formula is C17H33NO2. The van der Waals surface area contributed by atoms with Crippen molar-refractivity contribution in [3.05, 3.63) is 0 Å². The van der Waals surface area contributed by atoms with Crippen LogP contribution in [0.4, 0.5) is 0 Å². The zero-order valence-electron chi connectivity index (χ0n) is 13.6. The van der Waals surface area contributed by atoms with E-state index in [1.807, 2.05) is 7.11 Å². The van der Waals surface area contributed by atoms with Gasteiger partial charge in [-0.1, -0.05) is 13.8 Å². The second kappa shape index (κ2) is 7.77. The van der Waals surface area contributed by atoms with E-state index in [4.69, 9.17) is 9.47 Å². The van der Waals surface area contributed by atoms with Gasteiger partial charge in [0.1, 0.15) is 0 Å². The number of nitrogens with one attached hydrogen (secondary N) is 1. The molecule has 2 aliphatic rings. The maximum Gasteiger partial charge on any atom is 0.0698 e. The molecule has 0 aliphatic heterocycles. The minimum Gasteiger partial charge on any atom is -0.381 e. The van der Waals surface area contributed by atoms with E-state index in [1.165, 1.54) is 44.9 Å². The van der Waals surface area contributed by atoms with Gasteiger partial charge in [-0.15, -0.1) is 0 Å². The molecule has 2 fully saturated rings. The van der Waals surface area contributed by atoms with Gasteiger partial charge in [-0.25, -0.2) is 0 Å². The van der Waals surface area contributed by atoms with Crippen molar-refractivity contribution < 1.29 is 9.47 Å². The fraction of sp³-hybridized carbons (Fsp3) is 1.00.